The lowest BCUT2D eigenvalue weighted by atomic mass is 10.0. The van der Waals surface area contributed by atoms with Crippen LogP contribution in [0.25, 0.3) is 0 Å². The van der Waals surface area contributed by atoms with Crippen molar-refractivity contribution in [1.82, 2.24) is 25.1 Å². The number of pyridine rings is 1. The third-order valence-electron chi connectivity index (χ3n) is 3.93. The highest BCUT2D eigenvalue weighted by Gasteiger charge is 2.27. The summed E-state index contributed by atoms with van der Waals surface area (Å²) < 4.78 is 2.29. The highest BCUT2D eigenvalue weighted by atomic mass is 15.3. The van der Waals surface area contributed by atoms with Crippen LogP contribution in [-0.2, 0) is 6.54 Å². The Balaban J connectivity index is 1.95. The molecule has 0 amide bonds. The summed E-state index contributed by atoms with van der Waals surface area (Å²) in [6, 6.07) is 4.16. The van der Waals surface area contributed by atoms with Gasteiger partial charge in [-0.3, -0.25) is 4.98 Å². The zero-order valence-electron chi connectivity index (χ0n) is 12.1. The minimum Gasteiger partial charge on any atom is -0.312 e. The quantitative estimate of drug-likeness (QED) is 0.927. The van der Waals surface area contributed by atoms with E-state index in [-0.39, 0.29) is 6.04 Å². The molecule has 2 atom stereocenters. The van der Waals surface area contributed by atoms with E-state index in [1.54, 1.807) is 6.20 Å². The van der Waals surface area contributed by atoms with Gasteiger partial charge in [-0.2, -0.15) is 0 Å². The maximum absolute atomic E-state index is 4.44. The van der Waals surface area contributed by atoms with Crippen molar-refractivity contribution in [1.29, 1.82) is 0 Å². The van der Waals surface area contributed by atoms with E-state index < -0.39 is 0 Å². The first kappa shape index (κ1) is 13.2. The number of hydrogen-bond donors (Lipinski definition) is 1. The van der Waals surface area contributed by atoms with Gasteiger partial charge in [0, 0.05) is 31.4 Å². The smallest absolute Gasteiger partial charge is 0.154 e. The van der Waals surface area contributed by atoms with Crippen molar-refractivity contribution in [2.75, 3.05) is 6.54 Å². The Hall–Kier alpha value is -1.75. The molecular formula is C15H21N5. The molecule has 1 aliphatic heterocycles. The fraction of sp³-hybridized carbons (Fsp3) is 0.533. The predicted molar refractivity (Wildman–Crippen MR) is 77.4 cm³/mol. The molecule has 106 valence electrons. The first-order valence-corrected chi connectivity index (χ1v) is 7.37. The largest absolute Gasteiger partial charge is 0.312 e. The molecule has 2 aromatic heterocycles. The van der Waals surface area contributed by atoms with Crippen LogP contribution in [-0.4, -0.2) is 26.3 Å². The lowest BCUT2D eigenvalue weighted by Gasteiger charge is -2.26. The minimum atomic E-state index is 0.104. The van der Waals surface area contributed by atoms with E-state index in [9.17, 15) is 0 Å². The summed E-state index contributed by atoms with van der Waals surface area (Å²) in [5, 5.41) is 12.4. The molecule has 5 nitrogen and oxygen atoms in total. The van der Waals surface area contributed by atoms with Gasteiger partial charge in [-0.25, -0.2) is 0 Å². The van der Waals surface area contributed by atoms with E-state index in [0.29, 0.717) is 5.92 Å². The molecule has 0 saturated carbocycles. The van der Waals surface area contributed by atoms with Crippen LogP contribution >= 0.6 is 0 Å². The molecule has 0 bridgehead atoms. The first-order chi connectivity index (χ1) is 9.81. The Labute approximate surface area is 119 Å². The van der Waals surface area contributed by atoms with Crippen LogP contribution in [0.15, 0.2) is 24.5 Å². The molecule has 20 heavy (non-hydrogen) atoms. The number of nitrogens with one attached hydrogen (secondary N) is 1. The molecule has 1 aliphatic rings. The Kier molecular flexibility index (Phi) is 3.78. The number of aromatic nitrogens is 4. The summed E-state index contributed by atoms with van der Waals surface area (Å²) in [5.41, 5.74) is 1.15. The molecule has 0 fully saturated rings. The van der Waals surface area contributed by atoms with Gasteiger partial charge in [0.05, 0.1) is 6.04 Å². The average molecular weight is 271 g/mol. The molecule has 0 aliphatic carbocycles. The minimum absolute atomic E-state index is 0.104. The molecule has 2 aromatic rings. The lowest BCUT2D eigenvalue weighted by molar-refractivity contribution is 0.437. The summed E-state index contributed by atoms with van der Waals surface area (Å²) in [7, 11) is 0. The molecule has 1 N–H and O–H groups in total. The summed E-state index contributed by atoms with van der Waals surface area (Å²) in [6.07, 6.45) is 6.03. The molecule has 0 radical (unpaired) electrons. The summed E-state index contributed by atoms with van der Waals surface area (Å²) >= 11 is 0. The van der Waals surface area contributed by atoms with Crippen molar-refractivity contribution >= 4 is 0 Å². The van der Waals surface area contributed by atoms with Crippen LogP contribution in [0.1, 0.15) is 55.9 Å². The van der Waals surface area contributed by atoms with Gasteiger partial charge in [0.1, 0.15) is 5.82 Å². The van der Waals surface area contributed by atoms with Gasteiger partial charge in [-0.1, -0.05) is 26.3 Å². The molecular weight excluding hydrogens is 250 g/mol. The van der Waals surface area contributed by atoms with E-state index in [1.807, 2.05) is 12.3 Å². The van der Waals surface area contributed by atoms with Gasteiger partial charge in [0.2, 0.25) is 0 Å². The zero-order valence-corrected chi connectivity index (χ0v) is 12.1. The number of fused-ring (bicyclic) bond motifs is 1. The van der Waals surface area contributed by atoms with E-state index in [2.05, 4.69) is 45.0 Å². The van der Waals surface area contributed by atoms with E-state index in [0.717, 1.165) is 36.7 Å². The molecule has 5 heteroatoms. The fourth-order valence-corrected chi connectivity index (χ4v) is 2.92. The van der Waals surface area contributed by atoms with Crippen LogP contribution in [0.4, 0.5) is 0 Å². The van der Waals surface area contributed by atoms with Crippen molar-refractivity contribution in [2.24, 2.45) is 0 Å². The summed E-state index contributed by atoms with van der Waals surface area (Å²) in [5.74, 6) is 2.60. The summed E-state index contributed by atoms with van der Waals surface area (Å²) in [6.45, 7) is 6.34. The molecule has 2 unspecified atom stereocenters. The number of rotatable bonds is 4. The van der Waals surface area contributed by atoms with Crippen molar-refractivity contribution in [2.45, 2.75) is 45.2 Å². The maximum atomic E-state index is 4.44. The van der Waals surface area contributed by atoms with Gasteiger partial charge >= 0.3 is 0 Å². The molecule has 3 rings (SSSR count). The van der Waals surface area contributed by atoms with Crippen LogP contribution in [0, 0.1) is 0 Å². The zero-order chi connectivity index (χ0) is 13.9. The van der Waals surface area contributed by atoms with Crippen LogP contribution in [0.5, 0.6) is 0 Å². The van der Waals surface area contributed by atoms with Crippen LogP contribution in [0.3, 0.4) is 0 Å². The van der Waals surface area contributed by atoms with Gasteiger partial charge in [0.25, 0.3) is 0 Å². The second-order valence-corrected chi connectivity index (χ2v) is 5.43. The van der Waals surface area contributed by atoms with E-state index >= 15 is 0 Å². The monoisotopic (exact) mass is 271 g/mol. The Bertz CT molecular complexity index is 563. The predicted octanol–water partition coefficient (Wildman–Crippen LogP) is 2.27. The maximum Gasteiger partial charge on any atom is 0.154 e. The second kappa shape index (κ2) is 5.71. The third-order valence-corrected chi connectivity index (χ3v) is 3.93. The highest BCUT2D eigenvalue weighted by molar-refractivity contribution is 5.23. The Morgan fingerprint density at radius 1 is 1.45 bits per heavy atom. The van der Waals surface area contributed by atoms with Crippen LogP contribution < -0.4 is 5.32 Å². The van der Waals surface area contributed by atoms with Crippen molar-refractivity contribution in [3.8, 4) is 0 Å². The van der Waals surface area contributed by atoms with Crippen LogP contribution in [0.2, 0.25) is 0 Å². The molecule has 0 saturated heterocycles. The van der Waals surface area contributed by atoms with Gasteiger partial charge in [-0.15, -0.1) is 10.2 Å². The highest BCUT2D eigenvalue weighted by Crippen LogP contribution is 2.27. The molecule has 3 heterocycles. The summed E-state index contributed by atoms with van der Waals surface area (Å²) in [4.78, 5) is 4.21. The standard InChI is InChI=1S/C15H21N5/c1-3-5-11(2)14-18-19-15-13(17-8-9-20(14)15)12-6-4-7-16-10-12/h4,6-7,10-11,13,17H,3,5,8-9H2,1-2H3. The normalized spacial score (nSPS) is 19.6. The fourth-order valence-electron chi connectivity index (χ4n) is 2.92. The van der Waals surface area contributed by atoms with Crippen molar-refractivity contribution in [3.05, 3.63) is 41.7 Å². The molecule has 0 spiro atoms. The van der Waals surface area contributed by atoms with Gasteiger partial charge in [0.15, 0.2) is 5.82 Å². The third kappa shape index (κ3) is 2.33. The van der Waals surface area contributed by atoms with E-state index in [4.69, 9.17) is 0 Å². The SMILES string of the molecule is CCCC(C)c1nnc2n1CCNC2c1cccnc1. The van der Waals surface area contributed by atoms with Gasteiger partial charge in [-0.05, 0) is 18.1 Å². The van der Waals surface area contributed by atoms with Gasteiger partial charge < -0.3 is 9.88 Å². The average Bonchev–Trinajstić information content (AvgIpc) is 2.92. The first-order valence-electron chi connectivity index (χ1n) is 7.37. The number of hydrogen-bond acceptors (Lipinski definition) is 4. The Morgan fingerprint density at radius 3 is 3.10 bits per heavy atom. The van der Waals surface area contributed by atoms with E-state index in [1.165, 1.54) is 6.42 Å². The second-order valence-electron chi connectivity index (χ2n) is 5.43. The topological polar surface area (TPSA) is 55.6 Å². The molecule has 0 aromatic carbocycles. The number of nitrogens with zero attached hydrogens (tertiary/aromatic N) is 4. The van der Waals surface area contributed by atoms with Crippen molar-refractivity contribution in [3.63, 3.8) is 0 Å². The lowest BCUT2D eigenvalue weighted by Crippen LogP contribution is -2.35. The Morgan fingerprint density at radius 2 is 2.35 bits per heavy atom. The van der Waals surface area contributed by atoms with Crippen molar-refractivity contribution < 1.29 is 0 Å².